The molecule has 1 fully saturated rings. The van der Waals surface area contributed by atoms with E-state index < -0.39 is 6.04 Å². The maximum atomic E-state index is 10.6. The first-order valence-electron chi connectivity index (χ1n) is 3.67. The molecule has 0 aromatic carbocycles. The Balaban J connectivity index is 2.55. The zero-order valence-corrected chi connectivity index (χ0v) is 6.26. The molecule has 0 aromatic heterocycles. The monoisotopic (exact) mass is 142 g/mol. The third kappa shape index (κ3) is 1.01. The first kappa shape index (κ1) is 7.54. The van der Waals surface area contributed by atoms with Crippen molar-refractivity contribution in [2.75, 3.05) is 0 Å². The number of carbonyl (C=O) groups is 1. The van der Waals surface area contributed by atoms with Gasteiger partial charge in [-0.1, -0.05) is 6.92 Å². The molecule has 0 aromatic rings. The van der Waals surface area contributed by atoms with Gasteiger partial charge in [0, 0.05) is 0 Å². The molecule has 0 aliphatic heterocycles. The fourth-order valence-electron chi connectivity index (χ4n) is 1.35. The smallest absolute Gasteiger partial charge is 0.234 e. The van der Waals surface area contributed by atoms with Gasteiger partial charge in [-0.15, -0.1) is 0 Å². The molecule has 0 bridgehead atoms. The largest absolute Gasteiger partial charge is 0.368 e. The van der Waals surface area contributed by atoms with Crippen LogP contribution in [0.5, 0.6) is 0 Å². The van der Waals surface area contributed by atoms with Gasteiger partial charge in [0.05, 0.1) is 6.04 Å². The van der Waals surface area contributed by atoms with Crippen LogP contribution in [0.25, 0.3) is 0 Å². The zero-order valence-electron chi connectivity index (χ0n) is 6.26. The second-order valence-corrected chi connectivity index (χ2v) is 3.10. The summed E-state index contributed by atoms with van der Waals surface area (Å²) in [5, 5.41) is 0. The molecule has 0 saturated heterocycles. The van der Waals surface area contributed by atoms with Gasteiger partial charge < -0.3 is 11.5 Å². The Hall–Kier alpha value is -0.570. The van der Waals surface area contributed by atoms with E-state index in [1.54, 1.807) is 0 Å². The summed E-state index contributed by atoms with van der Waals surface area (Å²) >= 11 is 0. The second kappa shape index (κ2) is 2.23. The van der Waals surface area contributed by atoms with Gasteiger partial charge in [-0.3, -0.25) is 4.79 Å². The van der Waals surface area contributed by atoms with Gasteiger partial charge in [0.15, 0.2) is 0 Å². The van der Waals surface area contributed by atoms with Crippen molar-refractivity contribution >= 4 is 5.91 Å². The number of hydrogen-bond donors (Lipinski definition) is 2. The standard InChI is InChI=1S/C7H14N2O/c1-2-7(3-4-7)5(8)6(9)10/h5H,2-4,8H2,1H3,(H2,9,10). The van der Waals surface area contributed by atoms with Crippen molar-refractivity contribution in [2.45, 2.75) is 32.2 Å². The molecule has 0 spiro atoms. The molecule has 1 saturated carbocycles. The summed E-state index contributed by atoms with van der Waals surface area (Å²) in [5.41, 5.74) is 10.7. The van der Waals surface area contributed by atoms with E-state index in [0.29, 0.717) is 0 Å². The maximum Gasteiger partial charge on any atom is 0.234 e. The molecule has 1 rings (SSSR count). The second-order valence-electron chi connectivity index (χ2n) is 3.10. The van der Waals surface area contributed by atoms with Crippen LogP contribution in [0.4, 0.5) is 0 Å². The van der Waals surface area contributed by atoms with Crippen LogP contribution in [0.2, 0.25) is 0 Å². The quantitative estimate of drug-likeness (QED) is 0.582. The average molecular weight is 142 g/mol. The highest BCUT2D eigenvalue weighted by atomic mass is 16.1. The summed E-state index contributed by atoms with van der Waals surface area (Å²) in [7, 11) is 0. The topological polar surface area (TPSA) is 69.1 Å². The summed E-state index contributed by atoms with van der Waals surface area (Å²) in [6, 6.07) is -0.419. The summed E-state index contributed by atoms with van der Waals surface area (Å²) < 4.78 is 0. The van der Waals surface area contributed by atoms with Crippen molar-refractivity contribution in [1.82, 2.24) is 0 Å². The van der Waals surface area contributed by atoms with Crippen molar-refractivity contribution in [3.8, 4) is 0 Å². The molecule has 1 unspecified atom stereocenters. The lowest BCUT2D eigenvalue weighted by Gasteiger charge is -2.17. The van der Waals surface area contributed by atoms with E-state index in [1.165, 1.54) is 0 Å². The van der Waals surface area contributed by atoms with Gasteiger partial charge in [-0.05, 0) is 24.7 Å². The normalized spacial score (nSPS) is 23.8. The van der Waals surface area contributed by atoms with E-state index >= 15 is 0 Å². The van der Waals surface area contributed by atoms with Crippen molar-refractivity contribution in [3.05, 3.63) is 0 Å². The Morgan fingerprint density at radius 3 is 2.30 bits per heavy atom. The lowest BCUT2D eigenvalue weighted by molar-refractivity contribution is -0.120. The minimum absolute atomic E-state index is 0.0752. The Labute approximate surface area is 60.8 Å². The van der Waals surface area contributed by atoms with Gasteiger partial charge in [-0.25, -0.2) is 0 Å². The van der Waals surface area contributed by atoms with E-state index in [2.05, 4.69) is 6.92 Å². The molecule has 4 N–H and O–H groups in total. The Bertz CT molecular complexity index is 152. The molecule has 3 nitrogen and oxygen atoms in total. The van der Waals surface area contributed by atoms with E-state index in [1.807, 2.05) is 0 Å². The van der Waals surface area contributed by atoms with Crippen LogP contribution in [-0.2, 0) is 4.79 Å². The van der Waals surface area contributed by atoms with Gasteiger partial charge in [-0.2, -0.15) is 0 Å². The average Bonchev–Trinajstić information content (AvgIpc) is 2.66. The molecule has 58 valence electrons. The lowest BCUT2D eigenvalue weighted by Crippen LogP contribution is -2.43. The molecule has 1 amide bonds. The van der Waals surface area contributed by atoms with Crippen LogP contribution in [-0.4, -0.2) is 11.9 Å². The van der Waals surface area contributed by atoms with Crippen LogP contribution >= 0.6 is 0 Å². The summed E-state index contributed by atoms with van der Waals surface area (Å²) in [4.78, 5) is 10.6. The highest BCUT2D eigenvalue weighted by molar-refractivity contribution is 5.81. The highest BCUT2D eigenvalue weighted by Crippen LogP contribution is 2.50. The third-order valence-electron chi connectivity index (χ3n) is 2.56. The Morgan fingerprint density at radius 1 is 1.70 bits per heavy atom. The minimum atomic E-state index is -0.419. The number of amides is 1. The third-order valence-corrected chi connectivity index (χ3v) is 2.56. The summed E-state index contributed by atoms with van der Waals surface area (Å²) in [6.07, 6.45) is 3.10. The molecule has 0 heterocycles. The molecule has 10 heavy (non-hydrogen) atoms. The van der Waals surface area contributed by atoms with Crippen LogP contribution in [0, 0.1) is 5.41 Å². The van der Waals surface area contributed by atoms with Crippen LogP contribution in [0.3, 0.4) is 0 Å². The Kier molecular flexibility index (Phi) is 1.68. The number of carbonyl (C=O) groups excluding carboxylic acids is 1. The van der Waals surface area contributed by atoms with Crippen LogP contribution in [0.1, 0.15) is 26.2 Å². The SMILES string of the molecule is CCC1(C(N)C(N)=O)CC1. The van der Waals surface area contributed by atoms with Crippen LogP contribution < -0.4 is 11.5 Å². The molecule has 3 heteroatoms. The maximum absolute atomic E-state index is 10.6. The van der Waals surface area contributed by atoms with Crippen molar-refractivity contribution < 1.29 is 4.79 Å². The van der Waals surface area contributed by atoms with Gasteiger partial charge >= 0.3 is 0 Å². The molecule has 0 radical (unpaired) electrons. The highest BCUT2D eigenvalue weighted by Gasteiger charge is 2.48. The molecule has 1 aliphatic carbocycles. The first-order valence-corrected chi connectivity index (χ1v) is 3.67. The van der Waals surface area contributed by atoms with E-state index in [4.69, 9.17) is 11.5 Å². The van der Waals surface area contributed by atoms with Gasteiger partial charge in [0.25, 0.3) is 0 Å². The molecule has 1 aliphatic rings. The Morgan fingerprint density at radius 2 is 2.20 bits per heavy atom. The van der Waals surface area contributed by atoms with Crippen molar-refractivity contribution in [2.24, 2.45) is 16.9 Å². The molecule has 1 atom stereocenters. The first-order chi connectivity index (χ1) is 4.62. The fourth-order valence-corrected chi connectivity index (χ4v) is 1.35. The fraction of sp³-hybridized carbons (Fsp3) is 0.857. The predicted molar refractivity (Wildman–Crippen MR) is 39.1 cm³/mol. The molecular weight excluding hydrogens is 128 g/mol. The van der Waals surface area contributed by atoms with Crippen LogP contribution in [0.15, 0.2) is 0 Å². The lowest BCUT2D eigenvalue weighted by atomic mass is 9.94. The number of nitrogens with two attached hydrogens (primary N) is 2. The number of hydrogen-bond acceptors (Lipinski definition) is 2. The zero-order chi connectivity index (χ0) is 7.78. The van der Waals surface area contributed by atoms with Gasteiger partial charge in [0.1, 0.15) is 0 Å². The van der Waals surface area contributed by atoms with Crippen molar-refractivity contribution in [3.63, 3.8) is 0 Å². The van der Waals surface area contributed by atoms with Gasteiger partial charge in [0.2, 0.25) is 5.91 Å². The molecular formula is C7H14N2O. The van der Waals surface area contributed by atoms with Crippen molar-refractivity contribution in [1.29, 1.82) is 0 Å². The predicted octanol–water partition coefficient (Wildman–Crippen LogP) is -0.0108. The van der Waals surface area contributed by atoms with E-state index in [-0.39, 0.29) is 11.3 Å². The number of rotatable bonds is 3. The summed E-state index contributed by atoms with van der Waals surface area (Å²) in [5.74, 6) is -0.362. The number of primary amides is 1. The summed E-state index contributed by atoms with van der Waals surface area (Å²) in [6.45, 7) is 2.05. The minimum Gasteiger partial charge on any atom is -0.368 e. The van der Waals surface area contributed by atoms with E-state index in [0.717, 1.165) is 19.3 Å². The van der Waals surface area contributed by atoms with E-state index in [9.17, 15) is 4.79 Å².